The number of hydrogen-bond acceptors (Lipinski definition) is 4. The van der Waals surface area contributed by atoms with E-state index in [1.165, 1.54) is 0 Å². The number of rotatable bonds is 2. The Hall–Kier alpha value is -2.14. The molecule has 0 fully saturated rings. The van der Waals surface area contributed by atoms with Crippen molar-refractivity contribution in [3.63, 3.8) is 0 Å². The highest BCUT2D eigenvalue weighted by molar-refractivity contribution is 6.33. The Kier molecular flexibility index (Phi) is 2.60. The van der Waals surface area contributed by atoms with Crippen LogP contribution in [0.3, 0.4) is 0 Å². The van der Waals surface area contributed by atoms with E-state index in [4.69, 9.17) is 17.3 Å². The van der Waals surface area contributed by atoms with Gasteiger partial charge in [0.25, 0.3) is 0 Å². The highest BCUT2D eigenvalue weighted by Crippen LogP contribution is 2.23. The molecule has 18 heavy (non-hydrogen) atoms. The highest BCUT2D eigenvalue weighted by Gasteiger charge is 2.12. The van der Waals surface area contributed by atoms with Crippen LogP contribution >= 0.6 is 11.6 Å². The Labute approximate surface area is 108 Å². The zero-order valence-electron chi connectivity index (χ0n) is 9.42. The molecule has 0 amide bonds. The number of fused-ring (bicyclic) bond motifs is 1. The van der Waals surface area contributed by atoms with E-state index in [1.807, 2.05) is 34.9 Å². The molecule has 0 saturated heterocycles. The maximum absolute atomic E-state index is 6.05. The fourth-order valence-electron chi connectivity index (χ4n) is 1.88. The number of benzene rings is 1. The molecule has 2 N–H and O–H groups in total. The Morgan fingerprint density at radius 2 is 1.94 bits per heavy atom. The van der Waals surface area contributed by atoms with Crippen LogP contribution in [0.4, 0.5) is 5.82 Å². The molecular formula is C12H10ClN5. The first-order chi connectivity index (χ1) is 8.75. The summed E-state index contributed by atoms with van der Waals surface area (Å²) in [6.45, 7) is 0.669. The van der Waals surface area contributed by atoms with Gasteiger partial charge in [0.05, 0.1) is 6.33 Å². The number of halogens is 1. The lowest BCUT2D eigenvalue weighted by Gasteiger charge is -2.05. The average Bonchev–Trinajstić information content (AvgIpc) is 2.80. The lowest BCUT2D eigenvalue weighted by atomic mass is 10.2. The van der Waals surface area contributed by atoms with Crippen molar-refractivity contribution < 1.29 is 0 Å². The topological polar surface area (TPSA) is 69.6 Å². The van der Waals surface area contributed by atoms with Crippen molar-refractivity contribution in [2.75, 3.05) is 5.73 Å². The van der Waals surface area contributed by atoms with Gasteiger partial charge in [-0.25, -0.2) is 4.98 Å². The van der Waals surface area contributed by atoms with Crippen LogP contribution in [0.5, 0.6) is 0 Å². The van der Waals surface area contributed by atoms with Crippen molar-refractivity contribution >= 4 is 28.5 Å². The third-order valence-electron chi connectivity index (χ3n) is 2.72. The summed E-state index contributed by atoms with van der Waals surface area (Å²) in [5.41, 5.74) is 8.18. The van der Waals surface area contributed by atoms with Crippen LogP contribution in [0.15, 0.2) is 36.7 Å². The fourth-order valence-corrected chi connectivity index (χ4v) is 2.11. The number of nitrogen functional groups attached to an aromatic ring is 1. The minimum Gasteiger partial charge on any atom is -0.380 e. The summed E-state index contributed by atoms with van der Waals surface area (Å²) < 4.78 is 1.91. The molecule has 3 rings (SSSR count). The van der Waals surface area contributed by atoms with E-state index in [0.717, 1.165) is 5.56 Å². The van der Waals surface area contributed by atoms with E-state index in [2.05, 4.69) is 15.2 Å². The second-order valence-electron chi connectivity index (χ2n) is 3.93. The van der Waals surface area contributed by atoms with Crippen molar-refractivity contribution in [1.82, 2.24) is 19.7 Å². The lowest BCUT2D eigenvalue weighted by molar-refractivity contribution is 0.821. The van der Waals surface area contributed by atoms with E-state index in [1.54, 1.807) is 6.33 Å². The molecule has 90 valence electrons. The minimum absolute atomic E-state index is 0.293. The zero-order valence-corrected chi connectivity index (χ0v) is 10.2. The maximum Gasteiger partial charge on any atom is 0.177 e. The summed E-state index contributed by atoms with van der Waals surface area (Å²) in [4.78, 5) is 4.23. The number of hydrogen-bond donors (Lipinski definition) is 1. The molecule has 0 atom stereocenters. The van der Waals surface area contributed by atoms with Crippen LogP contribution in [0, 0.1) is 0 Å². The third-order valence-corrected chi connectivity index (χ3v) is 2.97. The van der Waals surface area contributed by atoms with Crippen molar-refractivity contribution in [2.45, 2.75) is 6.54 Å². The van der Waals surface area contributed by atoms with E-state index < -0.39 is 0 Å². The van der Waals surface area contributed by atoms with E-state index in [9.17, 15) is 0 Å². The summed E-state index contributed by atoms with van der Waals surface area (Å²) in [6, 6.07) is 10.0. The van der Waals surface area contributed by atoms with Crippen LogP contribution in [0.1, 0.15) is 5.56 Å². The molecule has 5 nitrogen and oxygen atoms in total. The van der Waals surface area contributed by atoms with Crippen molar-refractivity contribution in [1.29, 1.82) is 0 Å². The smallest absolute Gasteiger partial charge is 0.177 e. The molecule has 0 radical (unpaired) electrons. The normalized spacial score (nSPS) is 10.9. The summed E-state index contributed by atoms with van der Waals surface area (Å²) >= 11 is 6.05. The van der Waals surface area contributed by atoms with E-state index >= 15 is 0 Å². The maximum atomic E-state index is 6.05. The van der Waals surface area contributed by atoms with Crippen LogP contribution in [0.25, 0.3) is 11.0 Å². The molecule has 6 heteroatoms. The number of aromatic nitrogens is 4. The number of imidazole rings is 1. The largest absolute Gasteiger partial charge is 0.380 e. The first-order valence-electron chi connectivity index (χ1n) is 5.42. The summed E-state index contributed by atoms with van der Waals surface area (Å²) in [5.74, 6) is 0.293. The number of nitrogens with two attached hydrogens (primary N) is 1. The van der Waals surface area contributed by atoms with Gasteiger partial charge < -0.3 is 10.3 Å². The Morgan fingerprint density at radius 1 is 1.17 bits per heavy atom. The Bertz CT molecular complexity index is 692. The number of anilines is 1. The van der Waals surface area contributed by atoms with Crippen LogP contribution in [-0.2, 0) is 6.54 Å². The monoisotopic (exact) mass is 259 g/mol. The molecular weight excluding hydrogens is 250 g/mol. The summed E-state index contributed by atoms with van der Waals surface area (Å²) in [5, 5.41) is 7.87. The second-order valence-corrected chi connectivity index (χ2v) is 4.29. The minimum atomic E-state index is 0.293. The molecule has 0 unspecified atom stereocenters. The standard InChI is InChI=1S/C12H10ClN5/c13-11-10-9(12(14)17-16-11)15-7-18(10)6-8-4-2-1-3-5-8/h1-5,7H,6H2,(H2,14,17). The predicted molar refractivity (Wildman–Crippen MR) is 70.3 cm³/mol. The molecule has 0 bridgehead atoms. The van der Waals surface area contributed by atoms with Crippen molar-refractivity contribution in [3.8, 4) is 0 Å². The molecule has 0 aliphatic carbocycles. The SMILES string of the molecule is Nc1nnc(Cl)c2c1ncn2Cc1ccccc1. The molecule has 2 heterocycles. The van der Waals surface area contributed by atoms with Gasteiger partial charge in [-0.1, -0.05) is 41.9 Å². The van der Waals surface area contributed by atoms with Gasteiger partial charge in [-0.3, -0.25) is 0 Å². The number of nitrogens with zero attached hydrogens (tertiary/aromatic N) is 4. The molecule has 3 aromatic rings. The van der Waals surface area contributed by atoms with Crippen LogP contribution in [0.2, 0.25) is 5.15 Å². The van der Waals surface area contributed by atoms with E-state index in [0.29, 0.717) is 28.5 Å². The van der Waals surface area contributed by atoms with Gasteiger partial charge in [0.1, 0.15) is 11.0 Å². The van der Waals surface area contributed by atoms with Crippen molar-refractivity contribution in [2.24, 2.45) is 0 Å². The van der Waals surface area contributed by atoms with Gasteiger partial charge in [-0.05, 0) is 5.56 Å². The molecule has 0 saturated carbocycles. The van der Waals surface area contributed by atoms with Gasteiger partial charge in [0.15, 0.2) is 11.0 Å². The van der Waals surface area contributed by atoms with Gasteiger partial charge in [0, 0.05) is 6.54 Å². The van der Waals surface area contributed by atoms with Crippen LogP contribution < -0.4 is 5.73 Å². The van der Waals surface area contributed by atoms with Crippen LogP contribution in [-0.4, -0.2) is 19.7 Å². The molecule has 2 aromatic heterocycles. The fraction of sp³-hybridized carbons (Fsp3) is 0.0833. The molecule has 0 aliphatic heterocycles. The van der Waals surface area contributed by atoms with Crippen molar-refractivity contribution in [3.05, 3.63) is 47.4 Å². The Morgan fingerprint density at radius 3 is 2.72 bits per heavy atom. The second kappa shape index (κ2) is 4.27. The summed E-state index contributed by atoms with van der Waals surface area (Å²) in [6.07, 6.45) is 1.70. The predicted octanol–water partition coefficient (Wildman–Crippen LogP) is 2.11. The highest BCUT2D eigenvalue weighted by atomic mass is 35.5. The van der Waals surface area contributed by atoms with E-state index in [-0.39, 0.29) is 0 Å². The first kappa shape index (κ1) is 11.0. The lowest BCUT2D eigenvalue weighted by Crippen LogP contribution is -2.01. The molecule has 1 aromatic carbocycles. The van der Waals surface area contributed by atoms with Gasteiger partial charge in [-0.15, -0.1) is 10.2 Å². The Balaban J connectivity index is 2.11. The molecule has 0 spiro atoms. The average molecular weight is 260 g/mol. The zero-order chi connectivity index (χ0) is 12.5. The van der Waals surface area contributed by atoms with Gasteiger partial charge in [0.2, 0.25) is 0 Å². The van der Waals surface area contributed by atoms with Gasteiger partial charge >= 0.3 is 0 Å². The quantitative estimate of drug-likeness (QED) is 0.765. The molecule has 0 aliphatic rings. The first-order valence-corrected chi connectivity index (χ1v) is 5.80. The summed E-state index contributed by atoms with van der Waals surface area (Å²) in [7, 11) is 0. The third kappa shape index (κ3) is 1.78. The van der Waals surface area contributed by atoms with Gasteiger partial charge in [-0.2, -0.15) is 0 Å².